The van der Waals surface area contributed by atoms with E-state index >= 15 is 0 Å². The predicted octanol–water partition coefficient (Wildman–Crippen LogP) is 1.78. The summed E-state index contributed by atoms with van der Waals surface area (Å²) in [5.74, 6) is -0.213. The average molecular weight is 269 g/mol. The Morgan fingerprint density at radius 1 is 1.26 bits per heavy atom. The molecule has 1 aromatic carbocycles. The van der Waals surface area contributed by atoms with Crippen LogP contribution in [0.3, 0.4) is 0 Å². The van der Waals surface area contributed by atoms with Crippen LogP contribution in [0.4, 0.5) is 4.39 Å². The standard InChI is InChI=1S/C14H20FNO3/c15-13-10-12(14-18-8-9-19-14)4-3-11(13)2-1-6-17-7-5-16/h3-4,10,14H,1-2,5-9,16H2. The van der Waals surface area contributed by atoms with Gasteiger partial charge < -0.3 is 19.9 Å². The van der Waals surface area contributed by atoms with Crippen molar-refractivity contribution in [2.24, 2.45) is 5.73 Å². The van der Waals surface area contributed by atoms with Gasteiger partial charge in [0.1, 0.15) is 5.82 Å². The number of hydrogen-bond acceptors (Lipinski definition) is 4. The molecular formula is C14H20FNO3. The minimum atomic E-state index is -0.420. The van der Waals surface area contributed by atoms with Crippen molar-refractivity contribution in [1.29, 1.82) is 0 Å². The Morgan fingerprint density at radius 3 is 2.74 bits per heavy atom. The zero-order valence-corrected chi connectivity index (χ0v) is 10.9. The van der Waals surface area contributed by atoms with Crippen molar-refractivity contribution in [3.8, 4) is 0 Å². The first-order valence-electron chi connectivity index (χ1n) is 6.60. The van der Waals surface area contributed by atoms with Crippen molar-refractivity contribution in [3.63, 3.8) is 0 Å². The van der Waals surface area contributed by atoms with Gasteiger partial charge in [-0.3, -0.25) is 0 Å². The van der Waals surface area contributed by atoms with E-state index in [4.69, 9.17) is 19.9 Å². The monoisotopic (exact) mass is 269 g/mol. The molecule has 0 bridgehead atoms. The maximum Gasteiger partial charge on any atom is 0.184 e. The summed E-state index contributed by atoms with van der Waals surface area (Å²) in [5.41, 5.74) is 6.74. The highest BCUT2D eigenvalue weighted by atomic mass is 19.1. The zero-order chi connectivity index (χ0) is 13.5. The first-order valence-corrected chi connectivity index (χ1v) is 6.60. The van der Waals surface area contributed by atoms with Gasteiger partial charge in [-0.25, -0.2) is 4.39 Å². The third kappa shape index (κ3) is 4.24. The van der Waals surface area contributed by atoms with Crippen LogP contribution in [-0.2, 0) is 20.6 Å². The van der Waals surface area contributed by atoms with E-state index in [1.54, 1.807) is 6.07 Å². The highest BCUT2D eigenvalue weighted by Gasteiger charge is 2.19. The zero-order valence-electron chi connectivity index (χ0n) is 10.9. The number of ether oxygens (including phenoxy) is 3. The van der Waals surface area contributed by atoms with Crippen LogP contribution in [0.15, 0.2) is 18.2 Å². The molecule has 1 aromatic rings. The molecule has 0 aromatic heterocycles. The summed E-state index contributed by atoms with van der Waals surface area (Å²) in [5, 5.41) is 0. The Bertz CT molecular complexity index is 394. The lowest BCUT2D eigenvalue weighted by molar-refractivity contribution is -0.0443. The second kappa shape index (κ2) is 7.55. The Hall–Kier alpha value is -1.01. The van der Waals surface area contributed by atoms with E-state index < -0.39 is 6.29 Å². The summed E-state index contributed by atoms with van der Waals surface area (Å²) >= 11 is 0. The molecule has 0 saturated carbocycles. The Morgan fingerprint density at radius 2 is 2.05 bits per heavy atom. The van der Waals surface area contributed by atoms with Crippen molar-refractivity contribution in [1.82, 2.24) is 0 Å². The molecule has 4 nitrogen and oxygen atoms in total. The summed E-state index contributed by atoms with van der Waals surface area (Å²) in [6, 6.07) is 5.14. The van der Waals surface area contributed by atoms with E-state index in [0.29, 0.717) is 45.0 Å². The van der Waals surface area contributed by atoms with E-state index in [9.17, 15) is 4.39 Å². The van der Waals surface area contributed by atoms with Crippen molar-refractivity contribution in [2.75, 3.05) is 33.0 Å². The van der Waals surface area contributed by atoms with E-state index in [1.165, 1.54) is 6.07 Å². The molecule has 0 amide bonds. The third-order valence-electron chi connectivity index (χ3n) is 2.97. The minimum absolute atomic E-state index is 0.213. The predicted molar refractivity (Wildman–Crippen MR) is 69.2 cm³/mol. The molecule has 1 aliphatic rings. The molecule has 19 heavy (non-hydrogen) atoms. The maximum atomic E-state index is 13.9. The summed E-state index contributed by atoms with van der Waals surface area (Å²) in [6.07, 6.45) is 1.02. The fraction of sp³-hybridized carbons (Fsp3) is 0.571. The lowest BCUT2D eigenvalue weighted by atomic mass is 10.1. The number of halogens is 1. The quantitative estimate of drug-likeness (QED) is 0.767. The molecule has 1 fully saturated rings. The smallest absolute Gasteiger partial charge is 0.184 e. The molecule has 0 unspecified atom stereocenters. The Labute approximate surface area is 112 Å². The van der Waals surface area contributed by atoms with Gasteiger partial charge in [0, 0.05) is 18.7 Å². The van der Waals surface area contributed by atoms with Gasteiger partial charge >= 0.3 is 0 Å². The molecule has 106 valence electrons. The van der Waals surface area contributed by atoms with Gasteiger partial charge in [0.15, 0.2) is 6.29 Å². The normalized spacial score (nSPS) is 16.1. The molecule has 1 saturated heterocycles. The van der Waals surface area contributed by atoms with Crippen LogP contribution in [0.5, 0.6) is 0 Å². The molecule has 5 heteroatoms. The summed E-state index contributed by atoms with van der Waals surface area (Å²) in [4.78, 5) is 0. The molecule has 0 aliphatic carbocycles. The lowest BCUT2D eigenvalue weighted by Gasteiger charge is -2.11. The number of aryl methyl sites for hydroxylation is 1. The second-order valence-electron chi connectivity index (χ2n) is 4.43. The number of nitrogens with two attached hydrogens (primary N) is 1. The van der Waals surface area contributed by atoms with E-state index in [2.05, 4.69) is 0 Å². The Kier molecular flexibility index (Phi) is 5.72. The van der Waals surface area contributed by atoms with Crippen molar-refractivity contribution < 1.29 is 18.6 Å². The van der Waals surface area contributed by atoms with Crippen LogP contribution in [0.25, 0.3) is 0 Å². The lowest BCUT2D eigenvalue weighted by Crippen LogP contribution is -2.09. The van der Waals surface area contributed by atoms with Crippen LogP contribution < -0.4 is 5.73 Å². The molecule has 0 spiro atoms. The van der Waals surface area contributed by atoms with Crippen molar-refractivity contribution >= 4 is 0 Å². The van der Waals surface area contributed by atoms with Crippen molar-refractivity contribution in [2.45, 2.75) is 19.1 Å². The van der Waals surface area contributed by atoms with Crippen LogP contribution in [0.2, 0.25) is 0 Å². The molecule has 2 N–H and O–H groups in total. The van der Waals surface area contributed by atoms with Gasteiger partial charge in [-0.2, -0.15) is 0 Å². The molecule has 1 aliphatic heterocycles. The molecular weight excluding hydrogens is 249 g/mol. The first-order chi connectivity index (χ1) is 9.31. The summed E-state index contributed by atoms with van der Waals surface area (Å²) in [7, 11) is 0. The Balaban J connectivity index is 1.84. The van der Waals surface area contributed by atoms with Gasteiger partial charge in [0.2, 0.25) is 0 Å². The topological polar surface area (TPSA) is 53.7 Å². The molecule has 0 radical (unpaired) electrons. The van der Waals surface area contributed by atoms with Gasteiger partial charge in [-0.05, 0) is 24.5 Å². The van der Waals surface area contributed by atoms with Crippen LogP contribution in [-0.4, -0.2) is 33.0 Å². The first kappa shape index (κ1) is 14.4. The number of benzene rings is 1. The van der Waals surface area contributed by atoms with Crippen LogP contribution in [0.1, 0.15) is 23.8 Å². The second-order valence-corrected chi connectivity index (χ2v) is 4.43. The van der Waals surface area contributed by atoms with Gasteiger partial charge in [0.05, 0.1) is 19.8 Å². The highest BCUT2D eigenvalue weighted by molar-refractivity contribution is 5.25. The van der Waals surface area contributed by atoms with Crippen LogP contribution in [0, 0.1) is 5.82 Å². The van der Waals surface area contributed by atoms with E-state index in [1.807, 2.05) is 6.07 Å². The average Bonchev–Trinajstić information content (AvgIpc) is 2.94. The van der Waals surface area contributed by atoms with Gasteiger partial charge in [-0.1, -0.05) is 12.1 Å². The summed E-state index contributed by atoms with van der Waals surface area (Å²) < 4.78 is 29.8. The molecule has 2 rings (SSSR count). The number of hydrogen-bond donors (Lipinski definition) is 1. The molecule has 0 atom stereocenters. The molecule has 1 heterocycles. The summed E-state index contributed by atoms with van der Waals surface area (Å²) in [6.45, 7) is 2.80. The fourth-order valence-electron chi connectivity index (χ4n) is 2.01. The van der Waals surface area contributed by atoms with E-state index in [-0.39, 0.29) is 5.82 Å². The number of rotatable bonds is 7. The maximum absolute atomic E-state index is 13.9. The van der Waals surface area contributed by atoms with E-state index in [0.717, 1.165) is 12.0 Å². The highest BCUT2D eigenvalue weighted by Crippen LogP contribution is 2.25. The fourth-order valence-corrected chi connectivity index (χ4v) is 2.01. The largest absolute Gasteiger partial charge is 0.380 e. The van der Waals surface area contributed by atoms with Crippen LogP contribution >= 0.6 is 0 Å². The SMILES string of the molecule is NCCOCCCc1ccc(C2OCCO2)cc1F. The minimum Gasteiger partial charge on any atom is -0.380 e. The van der Waals surface area contributed by atoms with Gasteiger partial charge in [0.25, 0.3) is 0 Å². The van der Waals surface area contributed by atoms with Gasteiger partial charge in [-0.15, -0.1) is 0 Å². The van der Waals surface area contributed by atoms with Crippen molar-refractivity contribution in [3.05, 3.63) is 35.1 Å². The third-order valence-corrected chi connectivity index (χ3v) is 2.97.